The van der Waals surface area contributed by atoms with Crippen molar-refractivity contribution >= 4 is 5.57 Å². The van der Waals surface area contributed by atoms with Crippen LogP contribution in [0.4, 0.5) is 0 Å². The van der Waals surface area contributed by atoms with Crippen LogP contribution in [-0.2, 0) is 0 Å². The van der Waals surface area contributed by atoms with Crippen molar-refractivity contribution in [2.45, 2.75) is 39.7 Å². The summed E-state index contributed by atoms with van der Waals surface area (Å²) >= 11 is 0. The van der Waals surface area contributed by atoms with Crippen LogP contribution < -0.4 is 0 Å². The van der Waals surface area contributed by atoms with E-state index in [9.17, 15) is 0 Å². The third kappa shape index (κ3) is 4.30. The Labute approximate surface area is 140 Å². The Morgan fingerprint density at radius 2 is 1.83 bits per heavy atom. The molecule has 0 aromatic carbocycles. The van der Waals surface area contributed by atoms with Crippen LogP contribution in [0.15, 0.2) is 36.2 Å². The smallest absolute Gasteiger partial charge is 0.0343 e. The summed E-state index contributed by atoms with van der Waals surface area (Å²) < 4.78 is 0. The zero-order chi connectivity index (χ0) is 16.2. The van der Waals surface area contributed by atoms with E-state index in [-0.39, 0.29) is 0 Å². The van der Waals surface area contributed by atoms with Crippen LogP contribution in [0, 0.1) is 6.92 Å². The number of nitrogens with zero attached hydrogens (tertiary/aromatic N) is 3. The third-order valence-corrected chi connectivity index (χ3v) is 5.05. The minimum absolute atomic E-state index is 0.680. The fourth-order valence-corrected chi connectivity index (χ4v) is 3.51. The Morgan fingerprint density at radius 3 is 2.43 bits per heavy atom. The number of hydrogen-bond donors (Lipinski definition) is 0. The molecular weight excluding hydrogens is 282 g/mol. The standard InChI is InChI=1S/C20H29N3/c1-16(2)23-10-8-22(9-11-23)15-18-4-6-19(7-5-18)20-12-17(3)13-21-14-20/h4,6,12-14,16H,5,7-11,15H2,1-3H3. The minimum atomic E-state index is 0.680. The monoisotopic (exact) mass is 311 g/mol. The zero-order valence-electron chi connectivity index (χ0n) is 14.8. The zero-order valence-corrected chi connectivity index (χ0v) is 14.8. The number of piperazine rings is 1. The van der Waals surface area contributed by atoms with Gasteiger partial charge in [-0.2, -0.15) is 0 Å². The quantitative estimate of drug-likeness (QED) is 0.848. The fraction of sp³-hybridized carbons (Fsp3) is 0.550. The van der Waals surface area contributed by atoms with Crippen LogP contribution in [-0.4, -0.2) is 53.5 Å². The van der Waals surface area contributed by atoms with Gasteiger partial charge in [-0.3, -0.25) is 14.8 Å². The van der Waals surface area contributed by atoms with Crippen LogP contribution in [0.1, 0.15) is 37.8 Å². The van der Waals surface area contributed by atoms with E-state index >= 15 is 0 Å². The summed E-state index contributed by atoms with van der Waals surface area (Å²) in [5.74, 6) is 0. The first kappa shape index (κ1) is 16.4. The number of pyridine rings is 1. The molecule has 0 unspecified atom stereocenters. The Hall–Kier alpha value is -1.45. The van der Waals surface area contributed by atoms with E-state index in [1.54, 1.807) is 5.57 Å². The van der Waals surface area contributed by atoms with Gasteiger partial charge >= 0.3 is 0 Å². The molecule has 3 nitrogen and oxygen atoms in total. The normalized spacial score (nSPS) is 20.5. The second-order valence-corrected chi connectivity index (χ2v) is 7.17. The number of hydrogen-bond acceptors (Lipinski definition) is 3. The predicted molar refractivity (Wildman–Crippen MR) is 97.4 cm³/mol. The van der Waals surface area contributed by atoms with Gasteiger partial charge in [0.2, 0.25) is 0 Å². The van der Waals surface area contributed by atoms with E-state index in [4.69, 9.17) is 0 Å². The molecule has 0 amide bonds. The molecule has 1 aliphatic heterocycles. The lowest BCUT2D eigenvalue weighted by molar-refractivity contribution is 0.114. The van der Waals surface area contributed by atoms with E-state index in [2.05, 4.69) is 53.8 Å². The van der Waals surface area contributed by atoms with Crippen LogP contribution in [0.25, 0.3) is 5.57 Å². The fourth-order valence-electron chi connectivity index (χ4n) is 3.51. The van der Waals surface area contributed by atoms with E-state index in [0.717, 1.165) is 13.0 Å². The van der Waals surface area contributed by atoms with Gasteiger partial charge < -0.3 is 0 Å². The highest BCUT2D eigenvalue weighted by Crippen LogP contribution is 2.27. The molecule has 1 aromatic rings. The van der Waals surface area contributed by atoms with Gasteiger partial charge in [0.05, 0.1) is 0 Å². The molecule has 2 heterocycles. The summed E-state index contributed by atoms with van der Waals surface area (Å²) in [6.07, 6.45) is 10.9. The van der Waals surface area contributed by atoms with Gasteiger partial charge in [0.15, 0.2) is 0 Å². The topological polar surface area (TPSA) is 19.4 Å². The van der Waals surface area contributed by atoms with Crippen molar-refractivity contribution in [2.24, 2.45) is 0 Å². The molecule has 0 bridgehead atoms. The average molecular weight is 311 g/mol. The second-order valence-electron chi connectivity index (χ2n) is 7.17. The van der Waals surface area contributed by atoms with E-state index < -0.39 is 0 Å². The van der Waals surface area contributed by atoms with Crippen molar-refractivity contribution < 1.29 is 0 Å². The molecule has 3 heteroatoms. The highest BCUT2D eigenvalue weighted by molar-refractivity contribution is 5.68. The highest BCUT2D eigenvalue weighted by atomic mass is 15.3. The molecule has 0 radical (unpaired) electrons. The summed E-state index contributed by atoms with van der Waals surface area (Å²) in [7, 11) is 0. The Morgan fingerprint density at radius 1 is 1.04 bits per heavy atom. The molecule has 1 fully saturated rings. The predicted octanol–water partition coefficient (Wildman–Crippen LogP) is 3.52. The molecule has 0 N–H and O–H groups in total. The van der Waals surface area contributed by atoms with Gasteiger partial charge in [0, 0.05) is 51.2 Å². The van der Waals surface area contributed by atoms with Crippen molar-refractivity contribution in [2.75, 3.05) is 32.7 Å². The van der Waals surface area contributed by atoms with E-state index in [0.29, 0.717) is 6.04 Å². The minimum Gasteiger partial charge on any atom is -0.298 e. The second kappa shape index (κ2) is 7.41. The Kier molecular flexibility index (Phi) is 5.29. The molecular formula is C20H29N3. The first-order chi connectivity index (χ1) is 11.1. The maximum absolute atomic E-state index is 4.32. The molecule has 124 valence electrons. The first-order valence-corrected chi connectivity index (χ1v) is 8.89. The molecule has 1 aromatic heterocycles. The van der Waals surface area contributed by atoms with Gasteiger partial charge in [0.1, 0.15) is 0 Å². The number of allylic oxidation sites excluding steroid dienone is 3. The van der Waals surface area contributed by atoms with Crippen molar-refractivity contribution in [1.29, 1.82) is 0 Å². The maximum atomic E-state index is 4.32. The SMILES string of the molecule is Cc1cncc(C2=CC=C(CN3CCN(C(C)C)CC3)CC2)c1. The van der Waals surface area contributed by atoms with Gasteiger partial charge in [-0.15, -0.1) is 0 Å². The maximum Gasteiger partial charge on any atom is 0.0343 e. The van der Waals surface area contributed by atoms with Gasteiger partial charge in [-0.05, 0) is 56.4 Å². The molecule has 3 rings (SSSR count). The molecule has 0 saturated carbocycles. The number of rotatable bonds is 4. The molecule has 2 aliphatic rings. The van der Waals surface area contributed by atoms with Crippen LogP contribution in [0.5, 0.6) is 0 Å². The van der Waals surface area contributed by atoms with Gasteiger partial charge in [-0.25, -0.2) is 0 Å². The van der Waals surface area contributed by atoms with Crippen molar-refractivity contribution in [3.63, 3.8) is 0 Å². The van der Waals surface area contributed by atoms with Crippen molar-refractivity contribution in [3.8, 4) is 0 Å². The summed E-state index contributed by atoms with van der Waals surface area (Å²) in [5.41, 5.74) is 5.52. The van der Waals surface area contributed by atoms with Crippen molar-refractivity contribution in [3.05, 3.63) is 47.3 Å². The Bertz CT molecular complexity index is 593. The molecule has 0 spiro atoms. The van der Waals surface area contributed by atoms with Crippen molar-refractivity contribution in [1.82, 2.24) is 14.8 Å². The van der Waals surface area contributed by atoms with E-state index in [1.165, 1.54) is 49.3 Å². The average Bonchev–Trinajstić information content (AvgIpc) is 2.56. The van der Waals surface area contributed by atoms with Gasteiger partial charge in [0.25, 0.3) is 0 Å². The third-order valence-electron chi connectivity index (χ3n) is 5.05. The summed E-state index contributed by atoms with van der Waals surface area (Å²) in [6, 6.07) is 2.92. The van der Waals surface area contributed by atoms with Crippen LogP contribution in [0.3, 0.4) is 0 Å². The lowest BCUT2D eigenvalue weighted by Crippen LogP contribution is -2.49. The summed E-state index contributed by atoms with van der Waals surface area (Å²) in [4.78, 5) is 9.51. The van der Waals surface area contributed by atoms with Crippen LogP contribution in [0.2, 0.25) is 0 Å². The molecule has 1 aliphatic carbocycles. The largest absolute Gasteiger partial charge is 0.298 e. The Balaban J connectivity index is 1.57. The summed E-state index contributed by atoms with van der Waals surface area (Å²) in [6.45, 7) is 12.7. The first-order valence-electron chi connectivity index (χ1n) is 8.89. The van der Waals surface area contributed by atoms with Gasteiger partial charge in [-0.1, -0.05) is 17.7 Å². The summed E-state index contributed by atoms with van der Waals surface area (Å²) in [5, 5.41) is 0. The number of aromatic nitrogens is 1. The lowest BCUT2D eigenvalue weighted by Gasteiger charge is -2.37. The van der Waals surface area contributed by atoms with Crippen LogP contribution >= 0.6 is 0 Å². The molecule has 23 heavy (non-hydrogen) atoms. The van der Waals surface area contributed by atoms with E-state index in [1.807, 2.05) is 12.4 Å². The number of aryl methyl sites for hydroxylation is 1. The lowest BCUT2D eigenvalue weighted by atomic mass is 9.93. The molecule has 1 saturated heterocycles. The molecule has 0 atom stereocenters. The highest BCUT2D eigenvalue weighted by Gasteiger charge is 2.20.